The van der Waals surface area contributed by atoms with Crippen LogP contribution in [-0.4, -0.2) is 29.1 Å². The van der Waals surface area contributed by atoms with E-state index in [1.807, 2.05) is 10.3 Å². The number of thiophene rings is 1. The molecule has 2 rings (SSSR count). The van der Waals surface area contributed by atoms with E-state index in [2.05, 4.69) is 0 Å². The van der Waals surface area contributed by atoms with Crippen LogP contribution >= 0.6 is 34.5 Å². The maximum Gasteiger partial charge on any atom is 0.309 e. The van der Waals surface area contributed by atoms with Gasteiger partial charge in [-0.05, 0) is 10.9 Å². The molecule has 0 bridgehead atoms. The topological polar surface area (TPSA) is 40.5 Å². The number of hydrogen-bond acceptors (Lipinski definition) is 3. The molecule has 15 heavy (non-hydrogen) atoms. The Morgan fingerprint density at radius 2 is 2.27 bits per heavy atom. The number of carboxylic acids is 1. The van der Waals surface area contributed by atoms with E-state index in [0.29, 0.717) is 29.0 Å². The first-order valence-electron chi connectivity index (χ1n) is 4.44. The lowest BCUT2D eigenvalue weighted by atomic mass is 10.0. The summed E-state index contributed by atoms with van der Waals surface area (Å²) < 4.78 is 0.599. The molecule has 1 aromatic rings. The van der Waals surface area contributed by atoms with E-state index in [-0.39, 0.29) is 5.92 Å². The molecule has 1 aliphatic rings. The zero-order valence-electron chi connectivity index (χ0n) is 7.74. The second-order valence-electron chi connectivity index (χ2n) is 3.58. The zero-order valence-corrected chi connectivity index (χ0v) is 10.1. The minimum atomic E-state index is -0.722. The third kappa shape index (κ3) is 2.28. The van der Waals surface area contributed by atoms with Gasteiger partial charge in [-0.1, -0.05) is 23.2 Å². The average Bonchev–Trinajstić information content (AvgIpc) is 2.40. The van der Waals surface area contributed by atoms with Crippen LogP contribution in [0.3, 0.4) is 0 Å². The molecule has 82 valence electrons. The summed E-state index contributed by atoms with van der Waals surface area (Å²) in [5, 5.41) is 11.2. The Hall–Kier alpha value is -0.290. The van der Waals surface area contributed by atoms with Gasteiger partial charge in [0.05, 0.1) is 10.9 Å². The fourth-order valence-corrected chi connectivity index (χ4v) is 2.80. The number of likely N-dealkylation sites (tertiary alicyclic amines) is 1. The first-order valence-corrected chi connectivity index (χ1v) is 6.08. The van der Waals surface area contributed by atoms with Crippen LogP contribution in [0.5, 0.6) is 0 Å². The number of nitrogens with zero attached hydrogens (tertiary/aromatic N) is 1. The van der Waals surface area contributed by atoms with Gasteiger partial charge in [-0.3, -0.25) is 9.69 Å². The van der Waals surface area contributed by atoms with E-state index < -0.39 is 5.97 Å². The van der Waals surface area contributed by atoms with E-state index in [1.165, 1.54) is 11.3 Å². The molecule has 0 aliphatic carbocycles. The van der Waals surface area contributed by atoms with Crippen molar-refractivity contribution >= 4 is 40.5 Å². The summed E-state index contributed by atoms with van der Waals surface area (Å²) in [6.07, 6.45) is 0. The highest BCUT2D eigenvalue weighted by Gasteiger charge is 2.32. The van der Waals surface area contributed by atoms with Crippen molar-refractivity contribution in [3.8, 4) is 0 Å². The molecular weight excluding hydrogens is 257 g/mol. The fraction of sp³-hybridized carbons (Fsp3) is 0.444. The largest absolute Gasteiger partial charge is 0.481 e. The Labute approximate surface area is 101 Å². The Balaban J connectivity index is 1.90. The molecule has 3 nitrogen and oxygen atoms in total. The van der Waals surface area contributed by atoms with Crippen LogP contribution in [-0.2, 0) is 11.3 Å². The van der Waals surface area contributed by atoms with Crippen molar-refractivity contribution < 1.29 is 9.90 Å². The second-order valence-corrected chi connectivity index (χ2v) is 5.44. The molecule has 0 amide bonds. The van der Waals surface area contributed by atoms with Gasteiger partial charge in [0.2, 0.25) is 0 Å². The van der Waals surface area contributed by atoms with Gasteiger partial charge in [0.15, 0.2) is 0 Å². The number of halogens is 2. The molecule has 0 aromatic carbocycles. The highest BCUT2D eigenvalue weighted by molar-refractivity contribution is 7.15. The lowest BCUT2D eigenvalue weighted by molar-refractivity contribution is -0.147. The van der Waals surface area contributed by atoms with Crippen LogP contribution in [0.4, 0.5) is 0 Å². The lowest BCUT2D eigenvalue weighted by Gasteiger charge is -2.36. The summed E-state index contributed by atoms with van der Waals surface area (Å²) in [6.45, 7) is 1.88. The Morgan fingerprint density at radius 3 is 2.73 bits per heavy atom. The van der Waals surface area contributed by atoms with Crippen LogP contribution in [0, 0.1) is 5.92 Å². The summed E-state index contributed by atoms with van der Waals surface area (Å²) in [5.74, 6) is -0.946. The van der Waals surface area contributed by atoms with Crippen LogP contribution < -0.4 is 0 Å². The lowest BCUT2D eigenvalue weighted by Crippen LogP contribution is -2.49. The highest BCUT2D eigenvalue weighted by Crippen LogP contribution is 2.34. The molecule has 0 unspecified atom stereocenters. The van der Waals surface area contributed by atoms with Gasteiger partial charge in [0.25, 0.3) is 0 Å². The molecular formula is C9H9Cl2NO2S. The molecule has 0 saturated carbocycles. The van der Waals surface area contributed by atoms with Gasteiger partial charge in [0, 0.05) is 19.6 Å². The highest BCUT2D eigenvalue weighted by atomic mass is 35.5. The Bertz CT molecular complexity index is 387. The van der Waals surface area contributed by atoms with Gasteiger partial charge in [0.1, 0.15) is 4.34 Å². The molecule has 1 saturated heterocycles. The van der Waals surface area contributed by atoms with E-state index in [4.69, 9.17) is 28.3 Å². The summed E-state index contributed by atoms with van der Waals surface area (Å²) in [6, 6.07) is 0. The van der Waals surface area contributed by atoms with Crippen LogP contribution in [0.15, 0.2) is 5.38 Å². The SMILES string of the molecule is O=C(O)C1CN(Cc2csc(Cl)c2Cl)C1. The number of carboxylic acid groups (broad SMARTS) is 1. The average molecular weight is 266 g/mol. The van der Waals surface area contributed by atoms with Crippen molar-refractivity contribution in [1.82, 2.24) is 4.90 Å². The molecule has 1 N–H and O–H groups in total. The maximum absolute atomic E-state index is 10.6. The third-order valence-electron chi connectivity index (χ3n) is 2.46. The zero-order chi connectivity index (χ0) is 11.0. The predicted octanol–water partition coefficient (Wildman–Crippen LogP) is 2.57. The summed E-state index contributed by atoms with van der Waals surface area (Å²) in [4.78, 5) is 12.6. The van der Waals surface area contributed by atoms with Crippen LogP contribution in [0.25, 0.3) is 0 Å². The van der Waals surface area contributed by atoms with Crippen LogP contribution in [0.1, 0.15) is 5.56 Å². The van der Waals surface area contributed by atoms with Crippen molar-refractivity contribution in [1.29, 1.82) is 0 Å². The summed E-state index contributed by atoms with van der Waals surface area (Å²) >= 11 is 13.2. The molecule has 1 aromatic heterocycles. The van der Waals surface area contributed by atoms with Gasteiger partial charge >= 0.3 is 5.97 Å². The molecule has 0 radical (unpaired) electrons. The Morgan fingerprint density at radius 1 is 1.60 bits per heavy atom. The van der Waals surface area contributed by atoms with Gasteiger partial charge in [-0.25, -0.2) is 0 Å². The third-order valence-corrected chi connectivity index (χ3v) is 4.37. The van der Waals surface area contributed by atoms with E-state index in [1.54, 1.807) is 0 Å². The molecule has 1 aliphatic heterocycles. The molecule has 2 heterocycles. The first-order chi connectivity index (χ1) is 7.08. The predicted molar refractivity (Wildman–Crippen MR) is 60.7 cm³/mol. The van der Waals surface area contributed by atoms with E-state index in [0.717, 1.165) is 5.56 Å². The quantitative estimate of drug-likeness (QED) is 0.914. The maximum atomic E-state index is 10.6. The molecule has 0 atom stereocenters. The summed E-state index contributed by atoms with van der Waals surface area (Å²) in [7, 11) is 0. The van der Waals surface area contributed by atoms with Gasteiger partial charge in [-0.15, -0.1) is 11.3 Å². The number of aliphatic carboxylic acids is 1. The van der Waals surface area contributed by atoms with Gasteiger partial charge < -0.3 is 5.11 Å². The fourth-order valence-electron chi connectivity index (χ4n) is 1.56. The normalized spacial score (nSPS) is 17.7. The van der Waals surface area contributed by atoms with Crippen molar-refractivity contribution in [3.05, 3.63) is 20.3 Å². The van der Waals surface area contributed by atoms with Crippen molar-refractivity contribution in [2.75, 3.05) is 13.1 Å². The smallest absolute Gasteiger partial charge is 0.309 e. The van der Waals surface area contributed by atoms with E-state index >= 15 is 0 Å². The number of rotatable bonds is 3. The van der Waals surface area contributed by atoms with Crippen LogP contribution in [0.2, 0.25) is 9.36 Å². The van der Waals surface area contributed by atoms with Crippen molar-refractivity contribution in [2.45, 2.75) is 6.54 Å². The van der Waals surface area contributed by atoms with Crippen molar-refractivity contribution in [3.63, 3.8) is 0 Å². The number of hydrogen-bond donors (Lipinski definition) is 1. The number of carbonyl (C=O) groups is 1. The Kier molecular flexibility index (Phi) is 3.21. The van der Waals surface area contributed by atoms with E-state index in [9.17, 15) is 4.79 Å². The minimum Gasteiger partial charge on any atom is -0.481 e. The molecule has 6 heteroatoms. The standard InChI is InChI=1S/C9H9Cl2NO2S/c10-7-6(4-15-8(7)11)3-12-1-5(2-12)9(13)14/h4-5H,1-3H2,(H,13,14). The summed E-state index contributed by atoms with van der Waals surface area (Å²) in [5.41, 5.74) is 0.982. The van der Waals surface area contributed by atoms with Crippen molar-refractivity contribution in [2.24, 2.45) is 5.92 Å². The van der Waals surface area contributed by atoms with Gasteiger partial charge in [-0.2, -0.15) is 0 Å². The second kappa shape index (κ2) is 4.29. The first kappa shape index (κ1) is 11.2. The monoisotopic (exact) mass is 265 g/mol. The molecule has 0 spiro atoms. The molecule has 1 fully saturated rings. The minimum absolute atomic E-state index is 0.224.